The topological polar surface area (TPSA) is 49.8 Å². The Morgan fingerprint density at radius 1 is 1.29 bits per heavy atom. The molecule has 1 N–H and O–H groups in total. The minimum Gasteiger partial charge on any atom is -0.435 e. The molecule has 11 heteroatoms. The van der Waals surface area contributed by atoms with E-state index in [9.17, 15) is 22.0 Å². The van der Waals surface area contributed by atoms with Crippen LogP contribution in [-0.4, -0.2) is 43.1 Å². The first-order chi connectivity index (χ1) is 13.2. The Kier molecular flexibility index (Phi) is 7.55. The van der Waals surface area contributed by atoms with Gasteiger partial charge in [-0.05, 0) is 17.7 Å². The number of thiazole rings is 1. The zero-order chi connectivity index (χ0) is 20.7. The van der Waals surface area contributed by atoms with Crippen LogP contribution in [0.1, 0.15) is 16.3 Å². The molecule has 0 saturated carbocycles. The fourth-order valence-corrected chi connectivity index (χ4v) is 3.15. The average Bonchev–Trinajstić information content (AvgIpc) is 3.09. The van der Waals surface area contributed by atoms with Crippen LogP contribution in [0.3, 0.4) is 0 Å². The number of benzene rings is 1. The maximum absolute atomic E-state index is 12.6. The van der Waals surface area contributed by atoms with Gasteiger partial charge in [0.15, 0.2) is 11.7 Å². The normalized spacial score (nSPS) is 12.4. The van der Waals surface area contributed by atoms with Gasteiger partial charge in [-0.2, -0.15) is 22.0 Å². The van der Waals surface area contributed by atoms with E-state index in [1.165, 1.54) is 12.1 Å². The Balaban J connectivity index is 1.84. The number of ether oxygens (including phenoxy) is 1. The van der Waals surface area contributed by atoms with Crippen LogP contribution in [0.4, 0.5) is 22.0 Å². The molecule has 0 atom stereocenters. The summed E-state index contributed by atoms with van der Waals surface area (Å²) in [6, 6.07) is 6.23. The van der Waals surface area contributed by atoms with Crippen molar-refractivity contribution in [3.05, 3.63) is 45.9 Å². The van der Waals surface area contributed by atoms with Crippen LogP contribution in [0.5, 0.6) is 5.75 Å². The van der Waals surface area contributed by atoms with Crippen molar-refractivity contribution in [2.75, 3.05) is 20.6 Å². The van der Waals surface area contributed by atoms with Crippen LogP contribution in [0.15, 0.2) is 34.6 Å². The lowest BCUT2D eigenvalue weighted by atomic mass is 10.2. The SMILES string of the molecule is CN=C(NCCc1nc(C(F)(F)F)cs1)N(C)Cc1ccc(OC(F)F)cc1. The number of halogens is 5. The van der Waals surface area contributed by atoms with Gasteiger partial charge in [-0.15, -0.1) is 11.3 Å². The summed E-state index contributed by atoms with van der Waals surface area (Å²) >= 11 is 0.962. The second-order valence-corrected chi connectivity index (χ2v) is 6.67. The average molecular weight is 422 g/mol. The van der Waals surface area contributed by atoms with Crippen LogP contribution in [0, 0.1) is 0 Å². The van der Waals surface area contributed by atoms with Gasteiger partial charge >= 0.3 is 12.8 Å². The second-order valence-electron chi connectivity index (χ2n) is 5.73. The van der Waals surface area contributed by atoms with Crippen LogP contribution in [0.25, 0.3) is 0 Å². The molecule has 2 aromatic rings. The van der Waals surface area contributed by atoms with E-state index in [1.807, 2.05) is 0 Å². The Morgan fingerprint density at radius 2 is 1.96 bits per heavy atom. The number of guanidine groups is 1. The lowest BCUT2D eigenvalue weighted by molar-refractivity contribution is -0.140. The number of hydrogen-bond acceptors (Lipinski definition) is 4. The van der Waals surface area contributed by atoms with E-state index in [-0.39, 0.29) is 5.75 Å². The molecular weight excluding hydrogens is 403 g/mol. The number of aliphatic imine (C=N–C) groups is 1. The molecule has 0 saturated heterocycles. The summed E-state index contributed by atoms with van der Waals surface area (Å²) in [5, 5.41) is 4.44. The molecule has 1 aromatic carbocycles. The maximum Gasteiger partial charge on any atom is 0.434 e. The Morgan fingerprint density at radius 3 is 2.50 bits per heavy atom. The van der Waals surface area contributed by atoms with Crippen molar-refractivity contribution in [2.24, 2.45) is 4.99 Å². The lowest BCUT2D eigenvalue weighted by Gasteiger charge is -2.22. The summed E-state index contributed by atoms with van der Waals surface area (Å²) in [4.78, 5) is 9.51. The van der Waals surface area contributed by atoms with Gasteiger partial charge in [-0.3, -0.25) is 4.99 Å². The highest BCUT2D eigenvalue weighted by atomic mass is 32.1. The fourth-order valence-electron chi connectivity index (χ4n) is 2.35. The van der Waals surface area contributed by atoms with E-state index in [2.05, 4.69) is 20.0 Å². The summed E-state index contributed by atoms with van der Waals surface area (Å²) in [7, 11) is 3.37. The molecule has 0 spiro atoms. The first-order valence-corrected chi connectivity index (χ1v) is 9.04. The van der Waals surface area contributed by atoms with E-state index >= 15 is 0 Å². The zero-order valence-corrected chi connectivity index (χ0v) is 15.9. The third-order valence-corrected chi connectivity index (χ3v) is 4.51. The van der Waals surface area contributed by atoms with Crippen LogP contribution < -0.4 is 10.1 Å². The van der Waals surface area contributed by atoms with Gasteiger partial charge in [-0.25, -0.2) is 4.98 Å². The molecular formula is C17H19F5N4OS. The highest BCUT2D eigenvalue weighted by Crippen LogP contribution is 2.30. The molecule has 0 fully saturated rings. The highest BCUT2D eigenvalue weighted by Gasteiger charge is 2.33. The van der Waals surface area contributed by atoms with E-state index in [4.69, 9.17) is 0 Å². The zero-order valence-electron chi connectivity index (χ0n) is 15.1. The summed E-state index contributed by atoms with van der Waals surface area (Å²) in [6.07, 6.45) is -4.11. The van der Waals surface area contributed by atoms with Gasteiger partial charge in [0, 0.05) is 39.0 Å². The van der Waals surface area contributed by atoms with Gasteiger partial charge in [0.05, 0.1) is 5.01 Å². The largest absolute Gasteiger partial charge is 0.435 e. The van der Waals surface area contributed by atoms with Crippen LogP contribution in [-0.2, 0) is 19.1 Å². The number of rotatable bonds is 7. The summed E-state index contributed by atoms with van der Waals surface area (Å²) in [5.41, 5.74) is -0.0323. The Hall–Kier alpha value is -2.43. The first-order valence-electron chi connectivity index (χ1n) is 8.16. The van der Waals surface area contributed by atoms with Crippen LogP contribution >= 0.6 is 11.3 Å². The summed E-state index contributed by atoms with van der Waals surface area (Å²) < 4.78 is 66.3. The molecule has 1 heterocycles. The number of nitrogens with one attached hydrogen (secondary N) is 1. The van der Waals surface area contributed by atoms with Crippen molar-refractivity contribution in [1.29, 1.82) is 0 Å². The van der Waals surface area contributed by atoms with Crippen molar-refractivity contribution >= 4 is 17.3 Å². The lowest BCUT2D eigenvalue weighted by Crippen LogP contribution is -2.39. The third-order valence-electron chi connectivity index (χ3n) is 3.61. The minimum absolute atomic E-state index is 0.0746. The predicted octanol–water partition coefficient (Wildman–Crippen LogP) is 4.01. The predicted molar refractivity (Wildman–Crippen MR) is 96.7 cm³/mol. The first kappa shape index (κ1) is 21.9. The van der Waals surface area contributed by atoms with Gasteiger partial charge in [0.2, 0.25) is 0 Å². The van der Waals surface area contributed by atoms with E-state index in [0.29, 0.717) is 30.5 Å². The van der Waals surface area contributed by atoms with Crippen molar-refractivity contribution in [1.82, 2.24) is 15.2 Å². The highest BCUT2D eigenvalue weighted by molar-refractivity contribution is 7.09. The second kappa shape index (κ2) is 9.67. The maximum atomic E-state index is 12.6. The van der Waals surface area contributed by atoms with Crippen molar-refractivity contribution < 1.29 is 26.7 Å². The minimum atomic E-state index is -4.44. The molecule has 1 aromatic heterocycles. The molecule has 0 aliphatic heterocycles. The third kappa shape index (κ3) is 6.63. The molecule has 0 bridgehead atoms. The summed E-state index contributed by atoms with van der Waals surface area (Å²) in [6.45, 7) is -2.06. The van der Waals surface area contributed by atoms with E-state index < -0.39 is 18.5 Å². The van der Waals surface area contributed by atoms with Crippen molar-refractivity contribution in [2.45, 2.75) is 25.8 Å². The van der Waals surface area contributed by atoms with Crippen molar-refractivity contribution in [3.8, 4) is 5.75 Å². The molecule has 28 heavy (non-hydrogen) atoms. The van der Waals surface area contributed by atoms with Crippen LogP contribution in [0.2, 0.25) is 0 Å². The number of hydrogen-bond donors (Lipinski definition) is 1. The quantitative estimate of drug-likeness (QED) is 0.416. The van der Waals surface area contributed by atoms with Gasteiger partial charge in [-0.1, -0.05) is 12.1 Å². The smallest absolute Gasteiger partial charge is 0.434 e. The molecule has 0 radical (unpaired) electrons. The Bertz CT molecular complexity index is 777. The standard InChI is InChI=1S/C17H19F5N4OS/c1-23-16(24-8-7-14-25-13(10-28-14)17(20,21)22)26(2)9-11-3-5-12(6-4-11)27-15(18)19/h3-6,10,15H,7-9H2,1-2H3,(H,23,24). The molecule has 0 amide bonds. The van der Waals surface area contributed by atoms with Gasteiger partial charge in [0.1, 0.15) is 5.75 Å². The molecule has 5 nitrogen and oxygen atoms in total. The molecule has 154 valence electrons. The molecule has 2 rings (SSSR count). The fraction of sp³-hybridized carbons (Fsp3) is 0.412. The van der Waals surface area contributed by atoms with E-state index in [1.54, 1.807) is 31.1 Å². The number of alkyl halides is 5. The number of nitrogens with zero attached hydrogens (tertiary/aromatic N) is 3. The van der Waals surface area contributed by atoms with E-state index in [0.717, 1.165) is 22.3 Å². The van der Waals surface area contributed by atoms with Gasteiger partial charge in [0.25, 0.3) is 0 Å². The summed E-state index contributed by atoms with van der Waals surface area (Å²) in [5.74, 6) is 0.617. The molecule has 0 unspecified atom stereocenters. The van der Waals surface area contributed by atoms with Crippen molar-refractivity contribution in [3.63, 3.8) is 0 Å². The Labute approximate surface area is 162 Å². The monoisotopic (exact) mass is 422 g/mol. The molecule has 0 aliphatic carbocycles. The molecule has 0 aliphatic rings. The van der Waals surface area contributed by atoms with Gasteiger partial charge < -0.3 is 15.0 Å². The number of aromatic nitrogens is 1.